The highest BCUT2D eigenvalue weighted by molar-refractivity contribution is 9.10. The Morgan fingerprint density at radius 1 is 1.38 bits per heavy atom. The topological polar surface area (TPSA) is 29.5 Å². The van der Waals surface area contributed by atoms with E-state index in [2.05, 4.69) is 15.9 Å². The molecule has 1 N–H and O–H groups in total. The van der Waals surface area contributed by atoms with Crippen LogP contribution in [0.2, 0.25) is 0 Å². The van der Waals surface area contributed by atoms with Crippen molar-refractivity contribution in [3.63, 3.8) is 0 Å². The summed E-state index contributed by atoms with van der Waals surface area (Å²) in [7, 11) is 0. The van der Waals surface area contributed by atoms with Crippen molar-refractivity contribution in [1.29, 1.82) is 0 Å². The molecule has 3 heteroatoms. The van der Waals surface area contributed by atoms with Gasteiger partial charge >= 0.3 is 0 Å². The molecule has 1 aliphatic rings. The standard InChI is InChI=1S/C13H17BrO2/c1-13(15,10-5-7-16-8-6-10)11-3-2-4-12(14)9-11/h2-4,9-10,15H,5-8H2,1H3. The molecule has 1 aromatic carbocycles. The Labute approximate surface area is 105 Å². The summed E-state index contributed by atoms with van der Waals surface area (Å²) in [4.78, 5) is 0. The van der Waals surface area contributed by atoms with Crippen LogP contribution in [-0.4, -0.2) is 18.3 Å². The minimum atomic E-state index is -0.756. The third kappa shape index (κ3) is 2.47. The van der Waals surface area contributed by atoms with E-state index >= 15 is 0 Å². The van der Waals surface area contributed by atoms with Gasteiger partial charge < -0.3 is 9.84 Å². The zero-order valence-corrected chi connectivity index (χ0v) is 11.0. The Balaban J connectivity index is 2.22. The molecular weight excluding hydrogens is 268 g/mol. The molecule has 1 atom stereocenters. The zero-order chi connectivity index (χ0) is 11.6. The summed E-state index contributed by atoms with van der Waals surface area (Å²) >= 11 is 3.44. The van der Waals surface area contributed by atoms with Crippen molar-refractivity contribution in [1.82, 2.24) is 0 Å². The molecule has 1 aromatic rings. The van der Waals surface area contributed by atoms with E-state index < -0.39 is 5.60 Å². The van der Waals surface area contributed by atoms with Gasteiger partial charge in [-0.1, -0.05) is 28.1 Å². The Hall–Kier alpha value is -0.380. The quantitative estimate of drug-likeness (QED) is 0.904. The maximum absolute atomic E-state index is 10.7. The minimum Gasteiger partial charge on any atom is -0.385 e. The highest BCUT2D eigenvalue weighted by Gasteiger charge is 2.34. The van der Waals surface area contributed by atoms with Crippen LogP contribution in [0.3, 0.4) is 0 Å². The molecule has 0 bridgehead atoms. The van der Waals surface area contributed by atoms with Crippen molar-refractivity contribution in [2.45, 2.75) is 25.4 Å². The minimum absolute atomic E-state index is 0.288. The van der Waals surface area contributed by atoms with Crippen LogP contribution in [-0.2, 0) is 10.3 Å². The van der Waals surface area contributed by atoms with Gasteiger partial charge in [-0.3, -0.25) is 0 Å². The van der Waals surface area contributed by atoms with Crippen molar-refractivity contribution in [2.75, 3.05) is 13.2 Å². The maximum Gasteiger partial charge on any atom is 0.0898 e. The summed E-state index contributed by atoms with van der Waals surface area (Å²) in [6.07, 6.45) is 1.86. The van der Waals surface area contributed by atoms with Crippen molar-refractivity contribution < 1.29 is 9.84 Å². The first-order valence-corrected chi connectivity index (χ1v) is 6.46. The Morgan fingerprint density at radius 3 is 2.69 bits per heavy atom. The molecule has 0 saturated carbocycles. The van der Waals surface area contributed by atoms with E-state index in [9.17, 15) is 5.11 Å². The van der Waals surface area contributed by atoms with E-state index in [1.165, 1.54) is 0 Å². The molecule has 1 fully saturated rings. The van der Waals surface area contributed by atoms with E-state index in [1.54, 1.807) is 0 Å². The van der Waals surface area contributed by atoms with Gasteiger partial charge in [-0.05, 0) is 43.4 Å². The van der Waals surface area contributed by atoms with Crippen molar-refractivity contribution in [3.05, 3.63) is 34.3 Å². The number of hydrogen-bond acceptors (Lipinski definition) is 2. The van der Waals surface area contributed by atoms with E-state index in [1.807, 2.05) is 31.2 Å². The van der Waals surface area contributed by atoms with Gasteiger partial charge in [-0.25, -0.2) is 0 Å². The summed E-state index contributed by atoms with van der Waals surface area (Å²) in [5.41, 5.74) is 0.224. The fraction of sp³-hybridized carbons (Fsp3) is 0.538. The number of rotatable bonds is 2. The third-order valence-corrected chi connectivity index (χ3v) is 3.92. The molecule has 0 aliphatic carbocycles. The maximum atomic E-state index is 10.7. The molecule has 1 saturated heterocycles. The molecule has 0 aromatic heterocycles. The van der Waals surface area contributed by atoms with Gasteiger partial charge in [0.05, 0.1) is 5.60 Å². The number of halogens is 1. The van der Waals surface area contributed by atoms with Crippen LogP contribution >= 0.6 is 15.9 Å². The van der Waals surface area contributed by atoms with Crippen LogP contribution < -0.4 is 0 Å². The monoisotopic (exact) mass is 284 g/mol. The lowest BCUT2D eigenvalue weighted by Gasteiger charge is -2.36. The predicted molar refractivity (Wildman–Crippen MR) is 67.3 cm³/mol. The SMILES string of the molecule is CC(O)(c1cccc(Br)c1)C1CCOCC1. The molecule has 2 rings (SSSR count). The Bertz CT molecular complexity index is 357. The molecule has 1 aliphatic heterocycles. The van der Waals surface area contributed by atoms with Crippen molar-refractivity contribution in [3.8, 4) is 0 Å². The first-order chi connectivity index (χ1) is 7.60. The second-order valence-corrected chi connectivity index (χ2v) is 5.46. The Kier molecular flexibility index (Phi) is 3.67. The van der Waals surface area contributed by atoms with Gasteiger partial charge in [0.1, 0.15) is 0 Å². The molecule has 0 amide bonds. The van der Waals surface area contributed by atoms with Crippen molar-refractivity contribution in [2.24, 2.45) is 5.92 Å². The Morgan fingerprint density at radius 2 is 2.06 bits per heavy atom. The van der Waals surface area contributed by atoms with Crippen LogP contribution in [0.4, 0.5) is 0 Å². The van der Waals surface area contributed by atoms with Gasteiger partial charge in [-0.2, -0.15) is 0 Å². The van der Waals surface area contributed by atoms with Gasteiger partial charge in [0.2, 0.25) is 0 Å². The summed E-state index contributed by atoms with van der Waals surface area (Å²) in [5.74, 6) is 0.288. The number of ether oxygens (including phenoxy) is 1. The smallest absolute Gasteiger partial charge is 0.0898 e. The summed E-state index contributed by atoms with van der Waals surface area (Å²) in [6.45, 7) is 3.42. The molecule has 2 nitrogen and oxygen atoms in total. The highest BCUT2D eigenvalue weighted by Crippen LogP contribution is 2.36. The fourth-order valence-electron chi connectivity index (χ4n) is 2.30. The molecule has 88 valence electrons. The van der Waals surface area contributed by atoms with E-state index in [-0.39, 0.29) is 5.92 Å². The van der Waals surface area contributed by atoms with Gasteiger partial charge in [-0.15, -0.1) is 0 Å². The number of benzene rings is 1. The summed E-state index contributed by atoms with van der Waals surface area (Å²) in [6, 6.07) is 7.92. The third-order valence-electron chi connectivity index (χ3n) is 3.43. The first-order valence-electron chi connectivity index (χ1n) is 5.67. The normalized spacial score (nSPS) is 21.7. The second kappa shape index (κ2) is 4.86. The van der Waals surface area contributed by atoms with Crippen molar-refractivity contribution >= 4 is 15.9 Å². The summed E-state index contributed by atoms with van der Waals surface area (Å²) in [5, 5.41) is 10.7. The van der Waals surface area contributed by atoms with Gasteiger partial charge in [0.25, 0.3) is 0 Å². The number of aliphatic hydroxyl groups is 1. The lowest BCUT2D eigenvalue weighted by Crippen LogP contribution is -2.35. The first kappa shape index (κ1) is 12.1. The molecule has 0 spiro atoms. The lowest BCUT2D eigenvalue weighted by atomic mass is 9.78. The molecular formula is C13H17BrO2. The van der Waals surface area contributed by atoms with E-state index in [0.717, 1.165) is 36.1 Å². The molecule has 16 heavy (non-hydrogen) atoms. The predicted octanol–water partition coefficient (Wildman–Crippen LogP) is 3.08. The molecule has 0 radical (unpaired) electrons. The lowest BCUT2D eigenvalue weighted by molar-refractivity contribution is -0.0580. The van der Waals surface area contributed by atoms with Crippen LogP contribution in [0.5, 0.6) is 0 Å². The van der Waals surface area contributed by atoms with E-state index in [4.69, 9.17) is 4.74 Å². The number of hydrogen-bond donors (Lipinski definition) is 1. The van der Waals surface area contributed by atoms with Crippen LogP contribution in [0.1, 0.15) is 25.3 Å². The van der Waals surface area contributed by atoms with E-state index in [0.29, 0.717) is 0 Å². The second-order valence-electron chi connectivity index (χ2n) is 4.54. The highest BCUT2D eigenvalue weighted by atomic mass is 79.9. The van der Waals surface area contributed by atoms with Crippen LogP contribution in [0.25, 0.3) is 0 Å². The average molecular weight is 285 g/mol. The van der Waals surface area contributed by atoms with Gasteiger partial charge in [0, 0.05) is 17.7 Å². The zero-order valence-electron chi connectivity index (χ0n) is 9.45. The van der Waals surface area contributed by atoms with Crippen LogP contribution in [0, 0.1) is 5.92 Å². The summed E-state index contributed by atoms with van der Waals surface area (Å²) < 4.78 is 6.35. The molecule has 1 unspecified atom stereocenters. The van der Waals surface area contributed by atoms with Gasteiger partial charge in [0.15, 0.2) is 0 Å². The largest absolute Gasteiger partial charge is 0.385 e. The fourth-order valence-corrected chi connectivity index (χ4v) is 2.70. The average Bonchev–Trinajstić information content (AvgIpc) is 2.30. The molecule has 1 heterocycles. The van der Waals surface area contributed by atoms with Crippen LogP contribution in [0.15, 0.2) is 28.7 Å².